The van der Waals surface area contributed by atoms with Crippen LogP contribution in [0.25, 0.3) is 0 Å². The van der Waals surface area contributed by atoms with Crippen LogP contribution in [0.1, 0.15) is 31.7 Å². The normalized spacial score (nSPS) is 25.5. The van der Waals surface area contributed by atoms with Gasteiger partial charge in [-0.2, -0.15) is 0 Å². The molecule has 82 valence electrons. The molecule has 0 saturated heterocycles. The monoisotopic (exact) mass is 206 g/mol. The predicted molar refractivity (Wildman–Crippen MR) is 60.1 cm³/mol. The Balaban J connectivity index is 1.98. The summed E-state index contributed by atoms with van der Waals surface area (Å²) in [5, 5.41) is 9.63. The van der Waals surface area contributed by atoms with Gasteiger partial charge >= 0.3 is 0 Å². The van der Waals surface area contributed by atoms with Gasteiger partial charge in [-0.15, -0.1) is 0 Å². The van der Waals surface area contributed by atoms with Gasteiger partial charge in [-0.05, 0) is 43.4 Å². The van der Waals surface area contributed by atoms with Gasteiger partial charge in [0.1, 0.15) is 11.9 Å². The zero-order valence-electron chi connectivity index (χ0n) is 9.15. The molecule has 1 aliphatic rings. The first kappa shape index (κ1) is 10.5. The van der Waals surface area contributed by atoms with Crippen LogP contribution in [0, 0.1) is 0 Å². The summed E-state index contributed by atoms with van der Waals surface area (Å²) in [5.41, 5.74) is 1.31. The molecule has 15 heavy (non-hydrogen) atoms. The number of aliphatic hydroxyl groups is 1. The molecule has 0 bridgehead atoms. The first-order valence-corrected chi connectivity index (χ1v) is 5.73. The zero-order chi connectivity index (χ0) is 10.7. The van der Waals surface area contributed by atoms with E-state index in [2.05, 4.69) is 19.1 Å². The molecule has 1 fully saturated rings. The Kier molecular flexibility index (Phi) is 3.27. The van der Waals surface area contributed by atoms with Gasteiger partial charge in [-0.25, -0.2) is 0 Å². The van der Waals surface area contributed by atoms with Crippen LogP contribution in [0.5, 0.6) is 5.75 Å². The smallest absolute Gasteiger partial charge is 0.124 e. The van der Waals surface area contributed by atoms with Gasteiger partial charge in [0.15, 0.2) is 0 Å². The first-order chi connectivity index (χ1) is 7.29. The lowest BCUT2D eigenvalue weighted by Crippen LogP contribution is -2.25. The number of ether oxygens (including phenoxy) is 1. The van der Waals surface area contributed by atoms with E-state index in [0.717, 1.165) is 31.4 Å². The fourth-order valence-corrected chi connectivity index (χ4v) is 2.02. The average Bonchev–Trinajstić information content (AvgIpc) is 2.66. The maximum Gasteiger partial charge on any atom is 0.124 e. The summed E-state index contributed by atoms with van der Waals surface area (Å²) in [6.07, 6.45) is 3.67. The largest absolute Gasteiger partial charge is 0.488 e. The first-order valence-electron chi connectivity index (χ1n) is 5.73. The van der Waals surface area contributed by atoms with E-state index >= 15 is 0 Å². The number of rotatable bonds is 3. The summed E-state index contributed by atoms with van der Waals surface area (Å²) in [5.74, 6) is 0.873. The second kappa shape index (κ2) is 4.67. The summed E-state index contributed by atoms with van der Waals surface area (Å²) in [7, 11) is 0. The van der Waals surface area contributed by atoms with Crippen LogP contribution < -0.4 is 4.74 Å². The van der Waals surface area contributed by atoms with Crippen molar-refractivity contribution in [2.75, 3.05) is 0 Å². The van der Waals surface area contributed by atoms with Crippen molar-refractivity contribution in [1.82, 2.24) is 0 Å². The van der Waals surface area contributed by atoms with Crippen molar-refractivity contribution in [3.05, 3.63) is 29.8 Å². The molecule has 1 aliphatic carbocycles. The number of aliphatic hydroxyl groups excluding tert-OH is 1. The number of benzene rings is 1. The highest BCUT2D eigenvalue weighted by atomic mass is 16.5. The van der Waals surface area contributed by atoms with E-state index in [9.17, 15) is 5.11 Å². The van der Waals surface area contributed by atoms with Gasteiger partial charge in [0.2, 0.25) is 0 Å². The van der Waals surface area contributed by atoms with Crippen molar-refractivity contribution < 1.29 is 9.84 Å². The molecule has 2 rings (SSSR count). The minimum Gasteiger partial charge on any atom is -0.488 e. The van der Waals surface area contributed by atoms with Crippen molar-refractivity contribution in [1.29, 1.82) is 0 Å². The van der Waals surface area contributed by atoms with E-state index in [-0.39, 0.29) is 12.2 Å². The molecule has 0 radical (unpaired) electrons. The highest BCUT2D eigenvalue weighted by molar-refractivity contribution is 5.27. The van der Waals surface area contributed by atoms with Gasteiger partial charge in [-0.1, -0.05) is 19.1 Å². The molecule has 0 aliphatic heterocycles. The Morgan fingerprint density at radius 3 is 2.53 bits per heavy atom. The molecule has 1 aromatic carbocycles. The van der Waals surface area contributed by atoms with Crippen molar-refractivity contribution in [2.24, 2.45) is 0 Å². The lowest BCUT2D eigenvalue weighted by atomic mass is 10.2. The molecule has 0 unspecified atom stereocenters. The number of aryl methyl sites for hydroxylation is 1. The molecule has 2 nitrogen and oxygen atoms in total. The Hall–Kier alpha value is -1.02. The van der Waals surface area contributed by atoms with E-state index in [1.165, 1.54) is 5.56 Å². The molecular weight excluding hydrogens is 188 g/mol. The van der Waals surface area contributed by atoms with Crippen LogP contribution in [-0.4, -0.2) is 17.3 Å². The van der Waals surface area contributed by atoms with Crippen LogP contribution in [0.3, 0.4) is 0 Å². The lowest BCUT2D eigenvalue weighted by Gasteiger charge is -2.17. The highest BCUT2D eigenvalue weighted by Crippen LogP contribution is 2.24. The van der Waals surface area contributed by atoms with E-state index < -0.39 is 0 Å². The summed E-state index contributed by atoms with van der Waals surface area (Å²) >= 11 is 0. The van der Waals surface area contributed by atoms with Crippen LogP contribution >= 0.6 is 0 Å². The Bertz CT molecular complexity index is 305. The van der Waals surface area contributed by atoms with Gasteiger partial charge in [0.05, 0.1) is 6.10 Å². The summed E-state index contributed by atoms with van der Waals surface area (Å²) < 4.78 is 5.74. The van der Waals surface area contributed by atoms with Gasteiger partial charge in [-0.3, -0.25) is 0 Å². The molecule has 0 aromatic heterocycles. The maximum atomic E-state index is 9.63. The summed E-state index contributed by atoms with van der Waals surface area (Å²) in [6, 6.07) is 8.14. The Morgan fingerprint density at radius 2 is 2.00 bits per heavy atom. The molecule has 1 saturated carbocycles. The quantitative estimate of drug-likeness (QED) is 0.823. The van der Waals surface area contributed by atoms with Crippen molar-refractivity contribution in [2.45, 2.75) is 44.8 Å². The molecule has 1 aromatic rings. The van der Waals surface area contributed by atoms with E-state index in [4.69, 9.17) is 4.74 Å². The maximum absolute atomic E-state index is 9.63. The van der Waals surface area contributed by atoms with Crippen LogP contribution in [0.15, 0.2) is 24.3 Å². The van der Waals surface area contributed by atoms with Gasteiger partial charge in [0, 0.05) is 0 Å². The minimum atomic E-state index is -0.282. The molecular formula is C13H18O2. The Labute approximate surface area is 90.9 Å². The predicted octanol–water partition coefficient (Wildman–Crippen LogP) is 2.54. The van der Waals surface area contributed by atoms with Crippen LogP contribution in [0.4, 0.5) is 0 Å². The fraction of sp³-hybridized carbons (Fsp3) is 0.538. The highest BCUT2D eigenvalue weighted by Gasteiger charge is 2.26. The third-order valence-corrected chi connectivity index (χ3v) is 3.04. The third kappa shape index (κ3) is 2.51. The second-order valence-corrected chi connectivity index (χ2v) is 4.15. The van der Waals surface area contributed by atoms with Crippen molar-refractivity contribution in [3.63, 3.8) is 0 Å². The summed E-state index contributed by atoms with van der Waals surface area (Å²) in [4.78, 5) is 0. The lowest BCUT2D eigenvalue weighted by molar-refractivity contribution is 0.0604. The topological polar surface area (TPSA) is 29.5 Å². The second-order valence-electron chi connectivity index (χ2n) is 4.15. The minimum absolute atomic E-state index is 0.00234. The molecule has 0 amide bonds. The zero-order valence-corrected chi connectivity index (χ0v) is 9.15. The summed E-state index contributed by atoms with van der Waals surface area (Å²) in [6.45, 7) is 2.14. The molecule has 2 atom stereocenters. The van der Waals surface area contributed by atoms with Crippen molar-refractivity contribution in [3.8, 4) is 5.75 Å². The SMILES string of the molecule is CCc1ccc(O[C@@H]2CCC[C@H]2O)cc1. The molecule has 2 heteroatoms. The standard InChI is InChI=1S/C13H18O2/c1-2-10-6-8-11(9-7-10)15-13-5-3-4-12(13)14/h6-9,12-14H,2-5H2,1H3/t12-,13-/m1/s1. The fourth-order valence-electron chi connectivity index (χ4n) is 2.02. The molecule has 0 spiro atoms. The van der Waals surface area contributed by atoms with Crippen molar-refractivity contribution >= 4 is 0 Å². The number of hydrogen-bond donors (Lipinski definition) is 1. The van der Waals surface area contributed by atoms with Crippen LogP contribution in [-0.2, 0) is 6.42 Å². The van der Waals surface area contributed by atoms with E-state index in [1.807, 2.05) is 12.1 Å². The number of hydrogen-bond acceptors (Lipinski definition) is 2. The van der Waals surface area contributed by atoms with E-state index in [0.29, 0.717) is 0 Å². The average molecular weight is 206 g/mol. The van der Waals surface area contributed by atoms with Gasteiger partial charge < -0.3 is 9.84 Å². The Morgan fingerprint density at radius 1 is 1.27 bits per heavy atom. The molecule has 0 heterocycles. The van der Waals surface area contributed by atoms with Crippen LogP contribution in [0.2, 0.25) is 0 Å². The van der Waals surface area contributed by atoms with E-state index in [1.54, 1.807) is 0 Å². The third-order valence-electron chi connectivity index (χ3n) is 3.04. The van der Waals surface area contributed by atoms with Gasteiger partial charge in [0.25, 0.3) is 0 Å². The molecule has 1 N–H and O–H groups in total.